The second-order valence-electron chi connectivity index (χ2n) is 2.71. The Hall–Kier alpha value is -1.22. The Kier molecular flexibility index (Phi) is 4.97. The first-order chi connectivity index (χ1) is 7.27. The molecule has 0 saturated heterocycles. The number of ether oxygens (including phenoxy) is 1. The molecular formula is C11H10O3Os. The molecule has 0 spiro atoms. The number of benzene rings is 1. The molecule has 0 N–H and O–H groups in total. The molecule has 0 heterocycles. The summed E-state index contributed by atoms with van der Waals surface area (Å²) in [7, 11) is 1.36. The van der Waals surface area contributed by atoms with E-state index in [9.17, 15) is 9.59 Å². The van der Waals surface area contributed by atoms with Crippen molar-refractivity contribution in [1.29, 1.82) is 0 Å². The number of rotatable bonds is 3. The summed E-state index contributed by atoms with van der Waals surface area (Å²) >= 11 is -0.774. The van der Waals surface area contributed by atoms with Gasteiger partial charge in [0, 0.05) is 0 Å². The zero-order valence-electron chi connectivity index (χ0n) is 8.17. The second kappa shape index (κ2) is 6.30. The Bertz CT molecular complexity index is 424. The van der Waals surface area contributed by atoms with Gasteiger partial charge in [0.1, 0.15) is 0 Å². The summed E-state index contributed by atoms with van der Waals surface area (Å²) < 4.78 is 8.49. The molecule has 0 radical (unpaired) electrons. The van der Waals surface area contributed by atoms with Crippen molar-refractivity contribution in [2.75, 3.05) is 7.11 Å². The van der Waals surface area contributed by atoms with Gasteiger partial charge < -0.3 is 0 Å². The van der Waals surface area contributed by atoms with Gasteiger partial charge in [0.25, 0.3) is 0 Å². The van der Waals surface area contributed by atoms with Gasteiger partial charge >= 0.3 is 94.7 Å². The van der Waals surface area contributed by atoms with Crippen molar-refractivity contribution in [3.05, 3.63) is 35.4 Å². The molecule has 0 aliphatic heterocycles. The van der Waals surface area contributed by atoms with Gasteiger partial charge in [-0.2, -0.15) is 0 Å². The van der Waals surface area contributed by atoms with Crippen LogP contribution in [0.2, 0.25) is 0 Å². The van der Waals surface area contributed by atoms with Crippen LogP contribution in [0.5, 0.6) is 0 Å². The molecule has 1 aromatic rings. The minimum atomic E-state index is -0.774. The van der Waals surface area contributed by atoms with E-state index in [0.29, 0.717) is 5.56 Å². The zero-order valence-corrected chi connectivity index (χ0v) is 10.7. The fourth-order valence-corrected chi connectivity index (χ4v) is 2.11. The van der Waals surface area contributed by atoms with Gasteiger partial charge in [-0.15, -0.1) is 0 Å². The van der Waals surface area contributed by atoms with E-state index in [0.717, 1.165) is 12.0 Å². The van der Waals surface area contributed by atoms with Gasteiger partial charge in [-0.05, 0) is 0 Å². The zero-order chi connectivity index (χ0) is 11.1. The third kappa shape index (κ3) is 3.79. The van der Waals surface area contributed by atoms with E-state index in [1.54, 1.807) is 12.1 Å². The van der Waals surface area contributed by atoms with E-state index in [4.69, 9.17) is 0 Å². The van der Waals surface area contributed by atoms with Gasteiger partial charge in [0.05, 0.1) is 0 Å². The van der Waals surface area contributed by atoms with E-state index in [2.05, 4.69) is 4.74 Å². The quantitative estimate of drug-likeness (QED) is 0.734. The number of carbonyl (C=O) groups is 1. The molecule has 4 heteroatoms. The van der Waals surface area contributed by atoms with Crippen molar-refractivity contribution in [1.82, 2.24) is 0 Å². The van der Waals surface area contributed by atoms with E-state index in [1.807, 2.05) is 21.1 Å². The van der Waals surface area contributed by atoms with Crippen molar-refractivity contribution in [3.63, 3.8) is 0 Å². The molecule has 0 atom stereocenters. The number of hydrogen-bond acceptors (Lipinski definition) is 3. The first-order valence-corrected chi connectivity index (χ1v) is 6.97. The molecule has 0 fully saturated rings. The molecule has 1 rings (SSSR count). The standard InChI is InChI=1S/C10H10O2.CO.Os/c1-3-8-4-6-9(7-5-8)10(11)12-2;1-2;/h1,4-7H,3H2,2H3;;. The average Bonchev–Trinajstić information content (AvgIpc) is 2.29. The molecule has 1 aromatic carbocycles. The summed E-state index contributed by atoms with van der Waals surface area (Å²) in [4.78, 5) is 21.1. The molecular weight excluding hydrogens is 370 g/mol. The predicted octanol–water partition coefficient (Wildman–Crippen LogP) is 0.968. The first kappa shape index (κ1) is 11.8. The van der Waals surface area contributed by atoms with Crippen LogP contribution in [-0.2, 0) is 32.5 Å². The van der Waals surface area contributed by atoms with Crippen LogP contribution in [-0.4, -0.2) is 22.1 Å². The molecule has 0 unspecified atom stereocenters. The van der Waals surface area contributed by atoms with Crippen LogP contribution in [0.3, 0.4) is 0 Å². The average molecular weight is 380 g/mol. The molecule has 0 aliphatic carbocycles. The van der Waals surface area contributed by atoms with Crippen LogP contribution in [0, 0.1) is 0 Å². The van der Waals surface area contributed by atoms with Crippen molar-refractivity contribution < 1.29 is 30.8 Å². The van der Waals surface area contributed by atoms with Crippen molar-refractivity contribution >= 4 is 15.0 Å². The number of hydrogen-bond donors (Lipinski definition) is 0. The topological polar surface area (TPSA) is 43.4 Å². The van der Waals surface area contributed by atoms with Crippen molar-refractivity contribution in [3.8, 4) is 0 Å². The van der Waals surface area contributed by atoms with Crippen LogP contribution in [0.4, 0.5) is 0 Å². The Morgan fingerprint density at radius 1 is 1.47 bits per heavy atom. The fourth-order valence-electron chi connectivity index (χ4n) is 1.04. The molecule has 3 nitrogen and oxygen atoms in total. The Labute approximate surface area is 94.9 Å². The number of methoxy groups -OCH3 is 1. The Morgan fingerprint density at radius 3 is 2.67 bits per heavy atom. The molecule has 80 valence electrons. The third-order valence-corrected chi connectivity index (χ3v) is 3.13. The van der Waals surface area contributed by atoms with Crippen LogP contribution in [0.1, 0.15) is 15.9 Å². The maximum absolute atomic E-state index is 11.1. The van der Waals surface area contributed by atoms with E-state index in [-0.39, 0.29) is 5.97 Å². The van der Waals surface area contributed by atoms with Gasteiger partial charge in [-0.1, -0.05) is 0 Å². The molecule has 0 aromatic heterocycles. The van der Waals surface area contributed by atoms with Crippen molar-refractivity contribution in [2.24, 2.45) is 0 Å². The van der Waals surface area contributed by atoms with E-state index < -0.39 is 16.5 Å². The third-order valence-electron chi connectivity index (χ3n) is 1.80. The van der Waals surface area contributed by atoms with Gasteiger partial charge in [0.2, 0.25) is 0 Å². The predicted molar refractivity (Wildman–Crippen MR) is 53.2 cm³/mol. The second-order valence-corrected chi connectivity index (χ2v) is 5.00. The van der Waals surface area contributed by atoms with Crippen LogP contribution in [0.25, 0.3) is 0 Å². The summed E-state index contributed by atoms with van der Waals surface area (Å²) in [5.74, 6) is -0.332. The van der Waals surface area contributed by atoms with Crippen LogP contribution >= 0.6 is 0 Å². The SMILES string of the molecule is COC(=O)c1ccc(C[CH]=[Os]=[C]=O)cc1. The molecule has 0 amide bonds. The number of esters is 1. The van der Waals surface area contributed by atoms with Crippen LogP contribution in [0.15, 0.2) is 24.3 Å². The van der Waals surface area contributed by atoms with Crippen LogP contribution < -0.4 is 0 Å². The number of carbonyl (C=O) groups excluding carboxylic acids is 2. The summed E-state index contributed by atoms with van der Waals surface area (Å²) in [6.07, 6.45) is 0.767. The van der Waals surface area contributed by atoms with E-state index >= 15 is 0 Å². The summed E-state index contributed by atoms with van der Waals surface area (Å²) in [5, 5.41) is 0. The normalized spacial score (nSPS) is 9.13. The minimum absolute atomic E-state index is 0.332. The molecule has 0 saturated carbocycles. The van der Waals surface area contributed by atoms with E-state index in [1.165, 1.54) is 7.11 Å². The summed E-state index contributed by atoms with van der Waals surface area (Å²) in [6.45, 7) is 0. The van der Waals surface area contributed by atoms with Gasteiger partial charge in [-0.3, -0.25) is 0 Å². The maximum atomic E-state index is 11.1. The Morgan fingerprint density at radius 2 is 2.13 bits per heavy atom. The Balaban J connectivity index is 2.76. The van der Waals surface area contributed by atoms with Gasteiger partial charge in [-0.25, -0.2) is 0 Å². The monoisotopic (exact) mass is 382 g/mol. The van der Waals surface area contributed by atoms with Crippen molar-refractivity contribution in [2.45, 2.75) is 6.42 Å². The summed E-state index contributed by atoms with van der Waals surface area (Å²) in [5.41, 5.74) is 1.63. The first-order valence-electron chi connectivity index (χ1n) is 4.23. The molecule has 0 bridgehead atoms. The summed E-state index contributed by atoms with van der Waals surface area (Å²) in [6, 6.07) is 7.17. The molecule has 0 aliphatic rings. The fraction of sp³-hybridized carbons (Fsp3) is 0.182. The van der Waals surface area contributed by atoms with Gasteiger partial charge in [0.15, 0.2) is 0 Å². The molecule has 15 heavy (non-hydrogen) atoms.